The first-order valence-electron chi connectivity index (χ1n) is 10.2. The molecule has 0 saturated carbocycles. The maximum atomic E-state index is 11.9. The molecule has 174 valence electrons. The fraction of sp³-hybridized carbons (Fsp3) is 0.435. The highest BCUT2D eigenvalue weighted by molar-refractivity contribution is 5.60. The highest BCUT2D eigenvalue weighted by atomic mass is 16.8. The van der Waals surface area contributed by atoms with Gasteiger partial charge in [-0.05, 0) is 42.2 Å². The van der Waals surface area contributed by atoms with Crippen LogP contribution in [0.5, 0.6) is 5.75 Å². The fourth-order valence-corrected chi connectivity index (χ4v) is 3.63. The summed E-state index contributed by atoms with van der Waals surface area (Å²) >= 11 is 0. The Labute approximate surface area is 185 Å². The lowest BCUT2D eigenvalue weighted by Gasteiger charge is -2.47. The molecule has 1 aliphatic rings. The Morgan fingerprint density at radius 3 is 2.19 bits per heavy atom. The number of carbonyl (C=O) groups is 1. The largest absolute Gasteiger partial charge is 0.510 e. The van der Waals surface area contributed by atoms with Crippen molar-refractivity contribution < 1.29 is 44.2 Å². The molecule has 9 nitrogen and oxygen atoms in total. The minimum absolute atomic E-state index is 0.0264. The lowest BCUT2D eigenvalue weighted by molar-refractivity contribution is -0.336. The maximum absolute atomic E-state index is 11.9. The first-order valence-corrected chi connectivity index (χ1v) is 10.2. The van der Waals surface area contributed by atoms with Crippen LogP contribution >= 0.6 is 0 Å². The summed E-state index contributed by atoms with van der Waals surface area (Å²) < 4.78 is 20.4. The molecular weight excluding hydrogens is 420 g/mol. The third kappa shape index (κ3) is 4.87. The van der Waals surface area contributed by atoms with E-state index in [1.165, 1.54) is 0 Å². The number of hydrogen-bond acceptors (Lipinski definition) is 9. The molecule has 5 atom stereocenters. The van der Waals surface area contributed by atoms with Gasteiger partial charge in [-0.15, -0.1) is 0 Å². The summed E-state index contributed by atoms with van der Waals surface area (Å²) in [6.45, 7) is 0.947. The van der Waals surface area contributed by atoms with Crippen molar-refractivity contribution in [2.24, 2.45) is 0 Å². The minimum atomic E-state index is -2.30. The SMILES string of the molecule is CCOC(=O)O[C@@H]1O[C@H](CO)[C@@H](O)[C@H](O)[C@]1(O)c1ccc(Cc2ccc(OC)cc2)cc1. The van der Waals surface area contributed by atoms with E-state index in [2.05, 4.69) is 0 Å². The molecule has 0 spiro atoms. The van der Waals surface area contributed by atoms with E-state index in [1.54, 1.807) is 38.3 Å². The molecular formula is C23H28O9. The Morgan fingerprint density at radius 1 is 1.06 bits per heavy atom. The average Bonchev–Trinajstić information content (AvgIpc) is 2.80. The molecule has 2 aromatic carbocycles. The number of aliphatic hydroxyl groups excluding tert-OH is 3. The summed E-state index contributed by atoms with van der Waals surface area (Å²) in [7, 11) is 1.60. The summed E-state index contributed by atoms with van der Waals surface area (Å²) in [6, 6.07) is 14.2. The van der Waals surface area contributed by atoms with E-state index in [1.807, 2.05) is 24.3 Å². The third-order valence-corrected chi connectivity index (χ3v) is 5.44. The van der Waals surface area contributed by atoms with Crippen LogP contribution in [0.1, 0.15) is 23.6 Å². The predicted molar refractivity (Wildman–Crippen MR) is 112 cm³/mol. The van der Waals surface area contributed by atoms with Crippen molar-refractivity contribution in [2.45, 2.75) is 43.5 Å². The third-order valence-electron chi connectivity index (χ3n) is 5.44. The van der Waals surface area contributed by atoms with Crippen LogP contribution in [-0.2, 0) is 26.2 Å². The monoisotopic (exact) mass is 448 g/mol. The molecule has 1 aliphatic heterocycles. The number of aliphatic hydroxyl groups is 4. The second-order valence-electron chi connectivity index (χ2n) is 7.47. The van der Waals surface area contributed by atoms with E-state index < -0.39 is 43.0 Å². The van der Waals surface area contributed by atoms with E-state index in [9.17, 15) is 25.2 Å². The lowest BCUT2D eigenvalue weighted by atomic mass is 9.80. The molecule has 0 aromatic heterocycles. The molecule has 3 rings (SSSR count). The number of methoxy groups -OCH3 is 1. The summed E-state index contributed by atoms with van der Waals surface area (Å²) in [4.78, 5) is 11.9. The Morgan fingerprint density at radius 2 is 1.66 bits per heavy atom. The Balaban J connectivity index is 1.85. The molecule has 1 saturated heterocycles. The zero-order valence-corrected chi connectivity index (χ0v) is 17.9. The number of hydrogen-bond donors (Lipinski definition) is 4. The predicted octanol–water partition coefficient (Wildman–Crippen LogP) is 1.09. The minimum Gasteiger partial charge on any atom is -0.497 e. The maximum Gasteiger partial charge on any atom is 0.510 e. The molecule has 0 unspecified atom stereocenters. The van der Waals surface area contributed by atoms with Crippen LogP contribution in [0.4, 0.5) is 4.79 Å². The molecule has 2 aromatic rings. The van der Waals surface area contributed by atoms with Gasteiger partial charge in [-0.3, -0.25) is 0 Å². The first kappa shape index (κ1) is 24.0. The fourth-order valence-electron chi connectivity index (χ4n) is 3.63. The summed E-state index contributed by atoms with van der Waals surface area (Å²) in [5.74, 6) is 0.755. The van der Waals surface area contributed by atoms with E-state index >= 15 is 0 Å². The molecule has 1 fully saturated rings. The van der Waals surface area contributed by atoms with Gasteiger partial charge < -0.3 is 39.4 Å². The van der Waals surface area contributed by atoms with Gasteiger partial charge in [0.1, 0.15) is 24.1 Å². The standard InChI is InChI=1S/C23H28O9/c1-3-30-22(27)32-21-23(28,20(26)19(25)18(13-24)31-21)16-8-4-14(5-9-16)12-15-6-10-17(29-2)11-7-15/h4-11,18-21,24-26,28H,3,12-13H2,1-2H3/t18-,19-,20+,21+,23-/m1/s1. The van der Waals surface area contributed by atoms with Crippen LogP contribution in [0.15, 0.2) is 48.5 Å². The van der Waals surface area contributed by atoms with Crippen LogP contribution in [-0.4, -0.2) is 71.5 Å². The highest BCUT2D eigenvalue weighted by Gasteiger charge is 2.57. The molecule has 4 N–H and O–H groups in total. The topological polar surface area (TPSA) is 135 Å². The Bertz CT molecular complexity index is 883. The van der Waals surface area contributed by atoms with Gasteiger partial charge in [0.05, 0.1) is 20.3 Å². The van der Waals surface area contributed by atoms with Gasteiger partial charge in [0.25, 0.3) is 0 Å². The van der Waals surface area contributed by atoms with Crippen molar-refractivity contribution in [3.05, 3.63) is 65.2 Å². The normalized spacial score (nSPS) is 27.6. The van der Waals surface area contributed by atoms with Crippen molar-refractivity contribution in [1.82, 2.24) is 0 Å². The van der Waals surface area contributed by atoms with Gasteiger partial charge >= 0.3 is 6.16 Å². The molecule has 0 amide bonds. The van der Waals surface area contributed by atoms with Crippen molar-refractivity contribution >= 4 is 6.16 Å². The van der Waals surface area contributed by atoms with E-state index in [0.29, 0.717) is 6.42 Å². The zero-order valence-electron chi connectivity index (χ0n) is 17.9. The van der Waals surface area contributed by atoms with Gasteiger partial charge in [-0.25, -0.2) is 4.79 Å². The molecule has 32 heavy (non-hydrogen) atoms. The zero-order chi connectivity index (χ0) is 23.3. The molecule has 9 heteroatoms. The lowest BCUT2D eigenvalue weighted by Crippen LogP contribution is -2.65. The molecule has 0 aliphatic carbocycles. The van der Waals surface area contributed by atoms with Crippen LogP contribution in [0.3, 0.4) is 0 Å². The van der Waals surface area contributed by atoms with Crippen LogP contribution in [0, 0.1) is 0 Å². The number of carbonyl (C=O) groups excluding carboxylic acids is 1. The Hall–Kier alpha value is -2.69. The van der Waals surface area contributed by atoms with Crippen molar-refractivity contribution in [2.75, 3.05) is 20.3 Å². The number of ether oxygens (including phenoxy) is 4. The van der Waals surface area contributed by atoms with E-state index in [0.717, 1.165) is 16.9 Å². The van der Waals surface area contributed by atoms with Gasteiger partial charge in [-0.2, -0.15) is 0 Å². The average molecular weight is 448 g/mol. The van der Waals surface area contributed by atoms with Gasteiger partial charge in [-0.1, -0.05) is 36.4 Å². The molecule has 1 heterocycles. The quantitative estimate of drug-likeness (QED) is 0.459. The van der Waals surface area contributed by atoms with Gasteiger partial charge in [0.2, 0.25) is 6.29 Å². The molecule has 0 bridgehead atoms. The smallest absolute Gasteiger partial charge is 0.497 e. The highest BCUT2D eigenvalue weighted by Crippen LogP contribution is 2.39. The van der Waals surface area contributed by atoms with Gasteiger partial charge in [0.15, 0.2) is 5.60 Å². The number of rotatable bonds is 7. The van der Waals surface area contributed by atoms with Crippen molar-refractivity contribution in [3.8, 4) is 5.75 Å². The van der Waals surface area contributed by atoms with E-state index in [4.69, 9.17) is 18.9 Å². The van der Waals surface area contributed by atoms with Crippen LogP contribution in [0.25, 0.3) is 0 Å². The Kier molecular flexibility index (Phi) is 7.70. The summed E-state index contributed by atoms with van der Waals surface area (Å²) in [5.41, 5.74) is -0.169. The van der Waals surface area contributed by atoms with Crippen molar-refractivity contribution in [1.29, 1.82) is 0 Å². The van der Waals surface area contributed by atoms with Crippen LogP contribution < -0.4 is 4.74 Å². The second kappa shape index (κ2) is 10.3. The van der Waals surface area contributed by atoms with Crippen LogP contribution in [0.2, 0.25) is 0 Å². The van der Waals surface area contributed by atoms with Gasteiger partial charge in [0, 0.05) is 0 Å². The summed E-state index contributed by atoms with van der Waals surface area (Å²) in [5, 5.41) is 41.8. The van der Waals surface area contributed by atoms with Crippen molar-refractivity contribution in [3.63, 3.8) is 0 Å². The molecule has 0 radical (unpaired) electrons. The second-order valence-corrected chi connectivity index (χ2v) is 7.47. The summed E-state index contributed by atoms with van der Waals surface area (Å²) in [6.07, 6.45) is -6.91. The van der Waals surface area contributed by atoms with E-state index in [-0.39, 0.29) is 12.2 Å². The number of benzene rings is 2. The first-order chi connectivity index (χ1) is 15.3.